The van der Waals surface area contributed by atoms with E-state index in [1.165, 1.54) is 18.5 Å². The fraction of sp³-hybridized carbons (Fsp3) is 0. The Labute approximate surface area is 95.8 Å². The van der Waals surface area contributed by atoms with E-state index in [1.54, 1.807) is 6.20 Å². The van der Waals surface area contributed by atoms with Crippen LogP contribution in [0.2, 0.25) is 5.02 Å². The number of anilines is 2. The Morgan fingerprint density at radius 3 is 3.00 bits per heavy atom. The van der Waals surface area contributed by atoms with Crippen LogP contribution in [0, 0.1) is 0 Å². The number of H-pyrrole nitrogens is 1. The van der Waals surface area contributed by atoms with Crippen LogP contribution in [-0.2, 0) is 0 Å². The van der Waals surface area contributed by atoms with Gasteiger partial charge < -0.3 is 11.1 Å². The average Bonchev–Trinajstić information content (AvgIpc) is 2.74. The second kappa shape index (κ2) is 4.19. The summed E-state index contributed by atoms with van der Waals surface area (Å²) in [7, 11) is 0. The highest BCUT2D eigenvalue weighted by Gasteiger charge is 2.11. The number of halogens is 1. The minimum atomic E-state index is -0.361. The number of carbonyl (C=O) groups excluding carboxylic acids is 1. The maximum Gasteiger partial charge on any atom is 0.257 e. The molecule has 2 aromatic heterocycles. The van der Waals surface area contributed by atoms with E-state index in [1.807, 2.05) is 0 Å². The lowest BCUT2D eigenvalue weighted by molar-refractivity contribution is 0.102. The standard InChI is InChI=1S/C9H8ClN5O/c10-7-4-12-8(11)1-6(7)9(16)15-5-2-13-14-3-5/h1-4H,(H2,11,12)(H,13,14)(H,15,16). The van der Waals surface area contributed by atoms with Crippen molar-refractivity contribution < 1.29 is 4.79 Å². The highest BCUT2D eigenvalue weighted by Crippen LogP contribution is 2.17. The number of rotatable bonds is 2. The van der Waals surface area contributed by atoms with Crippen LogP contribution in [0.15, 0.2) is 24.7 Å². The lowest BCUT2D eigenvalue weighted by atomic mass is 10.2. The van der Waals surface area contributed by atoms with Crippen LogP contribution in [0.3, 0.4) is 0 Å². The highest BCUT2D eigenvalue weighted by atomic mass is 35.5. The number of aromatic amines is 1. The molecule has 0 saturated heterocycles. The summed E-state index contributed by atoms with van der Waals surface area (Å²) < 4.78 is 0. The van der Waals surface area contributed by atoms with Crippen molar-refractivity contribution in [2.75, 3.05) is 11.1 Å². The maximum atomic E-state index is 11.8. The molecular weight excluding hydrogens is 230 g/mol. The normalized spacial score (nSPS) is 10.1. The Morgan fingerprint density at radius 2 is 2.31 bits per heavy atom. The molecule has 0 unspecified atom stereocenters. The fourth-order valence-electron chi connectivity index (χ4n) is 1.15. The second-order valence-corrected chi connectivity index (χ2v) is 3.44. The molecular formula is C9H8ClN5O. The molecule has 4 N–H and O–H groups in total. The summed E-state index contributed by atoms with van der Waals surface area (Å²) in [6.07, 6.45) is 4.37. The minimum absolute atomic E-state index is 0.238. The van der Waals surface area contributed by atoms with Gasteiger partial charge in [0.1, 0.15) is 5.82 Å². The molecule has 0 atom stereocenters. The smallest absolute Gasteiger partial charge is 0.257 e. The van der Waals surface area contributed by atoms with E-state index in [-0.39, 0.29) is 22.3 Å². The lowest BCUT2D eigenvalue weighted by Crippen LogP contribution is -2.12. The van der Waals surface area contributed by atoms with Gasteiger partial charge in [0.25, 0.3) is 5.91 Å². The summed E-state index contributed by atoms with van der Waals surface area (Å²) in [5.41, 5.74) is 6.30. The van der Waals surface area contributed by atoms with E-state index in [2.05, 4.69) is 20.5 Å². The number of aromatic nitrogens is 3. The van der Waals surface area contributed by atoms with Crippen LogP contribution >= 0.6 is 11.6 Å². The van der Waals surface area contributed by atoms with Crippen molar-refractivity contribution in [2.45, 2.75) is 0 Å². The molecule has 2 aromatic rings. The summed E-state index contributed by atoms with van der Waals surface area (Å²) in [4.78, 5) is 15.5. The molecule has 6 nitrogen and oxygen atoms in total. The Balaban J connectivity index is 2.24. The zero-order valence-corrected chi connectivity index (χ0v) is 8.82. The van der Waals surface area contributed by atoms with Crippen LogP contribution in [0.25, 0.3) is 0 Å². The van der Waals surface area contributed by atoms with Crippen LogP contribution in [0.1, 0.15) is 10.4 Å². The van der Waals surface area contributed by atoms with Crippen molar-refractivity contribution in [3.05, 3.63) is 35.2 Å². The second-order valence-electron chi connectivity index (χ2n) is 3.03. The van der Waals surface area contributed by atoms with E-state index in [9.17, 15) is 4.79 Å². The number of nitrogens with two attached hydrogens (primary N) is 1. The highest BCUT2D eigenvalue weighted by molar-refractivity contribution is 6.34. The topological polar surface area (TPSA) is 96.7 Å². The predicted molar refractivity (Wildman–Crippen MR) is 60.2 cm³/mol. The summed E-state index contributed by atoms with van der Waals surface area (Å²) in [5.74, 6) is -0.123. The van der Waals surface area contributed by atoms with Crippen molar-refractivity contribution >= 4 is 29.0 Å². The quantitative estimate of drug-likeness (QED) is 0.733. The van der Waals surface area contributed by atoms with Gasteiger partial charge in [-0.3, -0.25) is 9.89 Å². The molecule has 0 spiro atoms. The molecule has 0 aliphatic rings. The van der Waals surface area contributed by atoms with Crippen LogP contribution in [-0.4, -0.2) is 21.1 Å². The number of pyridine rings is 1. The van der Waals surface area contributed by atoms with E-state index < -0.39 is 0 Å². The molecule has 0 saturated carbocycles. The van der Waals surface area contributed by atoms with Gasteiger partial charge in [-0.05, 0) is 6.07 Å². The van der Waals surface area contributed by atoms with Crippen LogP contribution in [0.4, 0.5) is 11.5 Å². The number of nitrogens with one attached hydrogen (secondary N) is 2. The number of nitrogen functional groups attached to an aromatic ring is 1. The molecule has 2 rings (SSSR count). The Morgan fingerprint density at radius 1 is 1.50 bits per heavy atom. The molecule has 0 aromatic carbocycles. The summed E-state index contributed by atoms with van der Waals surface area (Å²) in [6.45, 7) is 0. The van der Waals surface area contributed by atoms with Crippen molar-refractivity contribution in [3.63, 3.8) is 0 Å². The molecule has 1 amide bonds. The molecule has 0 aliphatic heterocycles. The first kappa shape index (κ1) is 10.4. The van der Waals surface area contributed by atoms with E-state index in [0.717, 1.165) is 0 Å². The average molecular weight is 238 g/mol. The first-order valence-electron chi connectivity index (χ1n) is 4.38. The van der Waals surface area contributed by atoms with Gasteiger partial charge in [-0.1, -0.05) is 11.6 Å². The van der Waals surface area contributed by atoms with Gasteiger partial charge in [-0.25, -0.2) is 4.98 Å². The monoisotopic (exact) mass is 237 g/mol. The van der Waals surface area contributed by atoms with Crippen molar-refractivity contribution in [1.29, 1.82) is 0 Å². The first-order chi connectivity index (χ1) is 7.66. The van der Waals surface area contributed by atoms with Gasteiger partial charge in [0, 0.05) is 12.4 Å². The van der Waals surface area contributed by atoms with E-state index in [0.29, 0.717) is 5.69 Å². The Hall–Kier alpha value is -2.08. The third-order valence-corrected chi connectivity index (χ3v) is 2.18. The van der Waals surface area contributed by atoms with Crippen LogP contribution in [0.5, 0.6) is 0 Å². The predicted octanol–water partition coefficient (Wildman–Crippen LogP) is 1.29. The van der Waals surface area contributed by atoms with Crippen molar-refractivity contribution in [1.82, 2.24) is 15.2 Å². The first-order valence-corrected chi connectivity index (χ1v) is 4.76. The van der Waals surface area contributed by atoms with Gasteiger partial charge in [-0.2, -0.15) is 5.10 Å². The number of amides is 1. The zero-order chi connectivity index (χ0) is 11.5. The Bertz CT molecular complexity index is 511. The molecule has 0 radical (unpaired) electrons. The molecule has 0 aliphatic carbocycles. The van der Waals surface area contributed by atoms with Gasteiger partial charge >= 0.3 is 0 Å². The van der Waals surface area contributed by atoms with E-state index >= 15 is 0 Å². The molecule has 82 valence electrons. The SMILES string of the molecule is Nc1cc(C(=O)Nc2cn[nH]c2)c(Cl)cn1. The zero-order valence-electron chi connectivity index (χ0n) is 8.07. The minimum Gasteiger partial charge on any atom is -0.384 e. The number of hydrogen-bond donors (Lipinski definition) is 3. The summed E-state index contributed by atoms with van der Waals surface area (Å²) in [5, 5.41) is 9.13. The number of nitrogens with zero attached hydrogens (tertiary/aromatic N) is 2. The summed E-state index contributed by atoms with van der Waals surface area (Å²) >= 11 is 5.83. The molecule has 0 bridgehead atoms. The molecule has 7 heteroatoms. The van der Waals surface area contributed by atoms with Crippen molar-refractivity contribution in [2.24, 2.45) is 0 Å². The molecule has 16 heavy (non-hydrogen) atoms. The number of carbonyl (C=O) groups is 1. The van der Waals surface area contributed by atoms with Crippen LogP contribution < -0.4 is 11.1 Å². The summed E-state index contributed by atoms with van der Waals surface area (Å²) in [6, 6.07) is 1.41. The maximum absolute atomic E-state index is 11.8. The third kappa shape index (κ3) is 2.12. The van der Waals surface area contributed by atoms with Gasteiger partial charge in [0.2, 0.25) is 0 Å². The van der Waals surface area contributed by atoms with Crippen molar-refractivity contribution in [3.8, 4) is 0 Å². The molecule has 2 heterocycles. The largest absolute Gasteiger partial charge is 0.384 e. The Kier molecular flexibility index (Phi) is 2.74. The van der Waals surface area contributed by atoms with Gasteiger partial charge in [0.15, 0.2) is 0 Å². The van der Waals surface area contributed by atoms with E-state index in [4.69, 9.17) is 17.3 Å². The lowest BCUT2D eigenvalue weighted by Gasteiger charge is -2.04. The third-order valence-electron chi connectivity index (χ3n) is 1.88. The molecule has 0 fully saturated rings. The van der Waals surface area contributed by atoms with Gasteiger partial charge in [0.05, 0.1) is 22.5 Å². The number of hydrogen-bond acceptors (Lipinski definition) is 4. The fourth-order valence-corrected chi connectivity index (χ4v) is 1.34. The van der Waals surface area contributed by atoms with Gasteiger partial charge in [-0.15, -0.1) is 0 Å².